The molecule has 1 atom stereocenters. The molecular weight excluding hydrogens is 180 g/mol. The van der Waals surface area contributed by atoms with Gasteiger partial charge in [0.1, 0.15) is 6.04 Å². The standard InChI is InChI=1S/C6H8N2O5/c7-5(11)1-4(6(12)13)8(2-9)3-10/h2-4H,1H2,(H2,7,11)(H,12,13). The van der Waals surface area contributed by atoms with Gasteiger partial charge in [0, 0.05) is 0 Å². The average Bonchev–Trinajstić information content (AvgIpc) is 2.04. The van der Waals surface area contributed by atoms with Crippen molar-refractivity contribution in [3.8, 4) is 0 Å². The highest BCUT2D eigenvalue weighted by Gasteiger charge is 2.25. The van der Waals surface area contributed by atoms with E-state index in [0.29, 0.717) is 4.90 Å². The minimum Gasteiger partial charge on any atom is -0.480 e. The highest BCUT2D eigenvalue weighted by atomic mass is 16.4. The lowest BCUT2D eigenvalue weighted by Gasteiger charge is -2.16. The van der Waals surface area contributed by atoms with Gasteiger partial charge in [-0.3, -0.25) is 19.3 Å². The predicted molar refractivity (Wildman–Crippen MR) is 39.2 cm³/mol. The van der Waals surface area contributed by atoms with E-state index in [9.17, 15) is 19.2 Å². The minimum atomic E-state index is -1.52. The van der Waals surface area contributed by atoms with Crippen LogP contribution in [0, 0.1) is 0 Å². The third-order valence-electron chi connectivity index (χ3n) is 1.28. The van der Waals surface area contributed by atoms with Crippen LogP contribution in [0.3, 0.4) is 0 Å². The van der Waals surface area contributed by atoms with E-state index < -0.39 is 24.3 Å². The van der Waals surface area contributed by atoms with Crippen LogP contribution < -0.4 is 5.73 Å². The molecule has 0 aromatic heterocycles. The molecule has 7 nitrogen and oxygen atoms in total. The molecule has 72 valence electrons. The van der Waals surface area contributed by atoms with Gasteiger partial charge in [-0.15, -0.1) is 0 Å². The summed E-state index contributed by atoms with van der Waals surface area (Å²) in [5, 5.41) is 8.49. The Kier molecular flexibility index (Phi) is 4.14. The molecule has 0 aromatic carbocycles. The van der Waals surface area contributed by atoms with Crippen molar-refractivity contribution < 1.29 is 24.3 Å². The normalized spacial score (nSPS) is 11.4. The number of carbonyl (C=O) groups is 4. The van der Waals surface area contributed by atoms with Crippen LogP contribution in [0.1, 0.15) is 6.42 Å². The van der Waals surface area contributed by atoms with E-state index in [1.165, 1.54) is 0 Å². The summed E-state index contributed by atoms with van der Waals surface area (Å²) < 4.78 is 0. The first-order chi connectivity index (χ1) is 6.02. The SMILES string of the molecule is NC(=O)CC(C(=O)O)N(C=O)C=O. The number of amides is 3. The van der Waals surface area contributed by atoms with Crippen molar-refractivity contribution in [2.45, 2.75) is 12.5 Å². The third-order valence-corrected chi connectivity index (χ3v) is 1.28. The molecule has 0 bridgehead atoms. The van der Waals surface area contributed by atoms with Gasteiger partial charge >= 0.3 is 5.97 Å². The number of rotatable bonds is 6. The van der Waals surface area contributed by atoms with Gasteiger partial charge in [-0.25, -0.2) is 4.79 Å². The Bertz CT molecular complexity index is 231. The maximum absolute atomic E-state index is 10.4. The molecule has 0 aliphatic rings. The van der Waals surface area contributed by atoms with Crippen molar-refractivity contribution in [3.05, 3.63) is 0 Å². The zero-order valence-corrected chi connectivity index (χ0v) is 6.54. The maximum atomic E-state index is 10.4. The first-order valence-electron chi connectivity index (χ1n) is 3.22. The van der Waals surface area contributed by atoms with Crippen molar-refractivity contribution in [1.82, 2.24) is 4.90 Å². The summed E-state index contributed by atoms with van der Waals surface area (Å²) >= 11 is 0. The minimum absolute atomic E-state index is 0.0225. The monoisotopic (exact) mass is 188 g/mol. The molecule has 0 aromatic rings. The number of nitrogens with two attached hydrogens (primary N) is 1. The molecule has 0 fully saturated rings. The number of aliphatic carboxylic acids is 1. The van der Waals surface area contributed by atoms with Crippen LogP contribution in [0.5, 0.6) is 0 Å². The lowest BCUT2D eigenvalue weighted by atomic mass is 10.2. The summed E-state index contributed by atoms with van der Waals surface area (Å²) in [5.41, 5.74) is 4.72. The number of hydrogen-bond acceptors (Lipinski definition) is 4. The van der Waals surface area contributed by atoms with Gasteiger partial charge in [-0.2, -0.15) is 0 Å². The van der Waals surface area contributed by atoms with E-state index in [1.54, 1.807) is 0 Å². The number of primary amides is 1. The first-order valence-corrected chi connectivity index (χ1v) is 3.22. The van der Waals surface area contributed by atoms with Crippen LogP contribution in [-0.4, -0.2) is 40.7 Å². The second-order valence-electron chi connectivity index (χ2n) is 2.18. The van der Waals surface area contributed by atoms with E-state index in [1.807, 2.05) is 0 Å². The van der Waals surface area contributed by atoms with Gasteiger partial charge in [-0.05, 0) is 0 Å². The van der Waals surface area contributed by atoms with Gasteiger partial charge in [0.25, 0.3) is 0 Å². The molecule has 0 rings (SSSR count). The molecule has 0 aliphatic carbocycles. The fourth-order valence-corrected chi connectivity index (χ4v) is 0.683. The Morgan fingerprint density at radius 2 is 1.85 bits per heavy atom. The summed E-state index contributed by atoms with van der Waals surface area (Å²) in [6.07, 6.45) is -0.545. The van der Waals surface area contributed by atoms with Crippen LogP contribution in [0.4, 0.5) is 0 Å². The Morgan fingerprint density at radius 3 is 2.08 bits per heavy atom. The fourth-order valence-electron chi connectivity index (χ4n) is 0.683. The lowest BCUT2D eigenvalue weighted by Crippen LogP contribution is -2.42. The number of imide groups is 1. The predicted octanol–water partition coefficient (Wildman–Crippen LogP) is -2.07. The van der Waals surface area contributed by atoms with Crippen molar-refractivity contribution in [1.29, 1.82) is 0 Å². The second kappa shape index (κ2) is 4.86. The summed E-state index contributed by atoms with van der Waals surface area (Å²) in [6.45, 7) is 0. The number of carbonyl (C=O) groups excluding carboxylic acids is 3. The van der Waals surface area contributed by atoms with Crippen LogP contribution in [0.2, 0.25) is 0 Å². The van der Waals surface area contributed by atoms with Crippen molar-refractivity contribution >= 4 is 24.7 Å². The van der Waals surface area contributed by atoms with Gasteiger partial charge in [0.05, 0.1) is 6.42 Å². The Labute approximate surface area is 73.1 Å². The Morgan fingerprint density at radius 1 is 1.38 bits per heavy atom. The summed E-state index contributed by atoms with van der Waals surface area (Å²) in [6, 6.07) is -1.52. The quantitative estimate of drug-likeness (QED) is 0.464. The highest BCUT2D eigenvalue weighted by molar-refractivity contribution is 5.88. The van der Waals surface area contributed by atoms with E-state index in [4.69, 9.17) is 10.8 Å². The number of carboxylic acid groups (broad SMARTS) is 1. The van der Waals surface area contributed by atoms with Gasteiger partial charge in [-0.1, -0.05) is 0 Å². The molecule has 13 heavy (non-hydrogen) atoms. The van der Waals surface area contributed by atoms with E-state index in [-0.39, 0.29) is 12.8 Å². The maximum Gasteiger partial charge on any atom is 0.327 e. The average molecular weight is 188 g/mol. The van der Waals surface area contributed by atoms with Crippen LogP contribution in [0.15, 0.2) is 0 Å². The lowest BCUT2D eigenvalue weighted by molar-refractivity contribution is -0.151. The van der Waals surface area contributed by atoms with E-state index in [2.05, 4.69) is 0 Å². The molecule has 3 amide bonds. The first kappa shape index (κ1) is 11.1. The number of carboxylic acids is 1. The van der Waals surface area contributed by atoms with Crippen molar-refractivity contribution in [2.75, 3.05) is 0 Å². The number of hydrogen-bond donors (Lipinski definition) is 2. The molecule has 0 radical (unpaired) electrons. The van der Waals surface area contributed by atoms with Crippen LogP contribution in [0.25, 0.3) is 0 Å². The van der Waals surface area contributed by atoms with Crippen LogP contribution in [-0.2, 0) is 19.2 Å². The highest BCUT2D eigenvalue weighted by Crippen LogP contribution is 1.99. The molecule has 0 spiro atoms. The largest absolute Gasteiger partial charge is 0.480 e. The van der Waals surface area contributed by atoms with E-state index in [0.717, 1.165) is 0 Å². The number of nitrogens with zero attached hydrogens (tertiary/aromatic N) is 1. The zero-order chi connectivity index (χ0) is 10.4. The summed E-state index contributed by atoms with van der Waals surface area (Å²) in [4.78, 5) is 41.4. The molecule has 0 aliphatic heterocycles. The topological polar surface area (TPSA) is 118 Å². The molecule has 7 heteroatoms. The fraction of sp³-hybridized carbons (Fsp3) is 0.333. The summed E-state index contributed by atoms with van der Waals surface area (Å²) in [5.74, 6) is -2.36. The molecule has 3 N–H and O–H groups in total. The summed E-state index contributed by atoms with van der Waals surface area (Å²) in [7, 11) is 0. The zero-order valence-electron chi connectivity index (χ0n) is 6.54. The van der Waals surface area contributed by atoms with Crippen LogP contribution >= 0.6 is 0 Å². The van der Waals surface area contributed by atoms with Gasteiger partial charge in [0.2, 0.25) is 18.7 Å². The molecular formula is C6H8N2O5. The Hall–Kier alpha value is -1.92. The molecule has 0 heterocycles. The van der Waals surface area contributed by atoms with Gasteiger partial charge < -0.3 is 10.8 Å². The second-order valence-corrected chi connectivity index (χ2v) is 2.18. The Balaban J connectivity index is 4.56. The smallest absolute Gasteiger partial charge is 0.327 e. The molecule has 0 saturated carbocycles. The van der Waals surface area contributed by atoms with Crippen molar-refractivity contribution in [3.63, 3.8) is 0 Å². The van der Waals surface area contributed by atoms with E-state index >= 15 is 0 Å². The van der Waals surface area contributed by atoms with Gasteiger partial charge in [0.15, 0.2) is 0 Å². The molecule has 0 saturated heterocycles. The van der Waals surface area contributed by atoms with Crippen molar-refractivity contribution in [2.24, 2.45) is 5.73 Å². The third kappa shape index (κ3) is 3.32. The molecule has 1 unspecified atom stereocenters.